The molecule has 8 nitrogen and oxygen atoms in total. The van der Waals surface area contributed by atoms with Crippen molar-refractivity contribution in [1.82, 2.24) is 5.32 Å². The molecule has 4 aromatic carbocycles. The van der Waals surface area contributed by atoms with Gasteiger partial charge in [0.2, 0.25) is 0 Å². The molecule has 3 N–H and O–H groups in total. The van der Waals surface area contributed by atoms with Crippen LogP contribution in [0.3, 0.4) is 0 Å². The number of amides is 1. The van der Waals surface area contributed by atoms with Crippen LogP contribution in [0.2, 0.25) is 0 Å². The maximum absolute atomic E-state index is 13.5. The van der Waals surface area contributed by atoms with Gasteiger partial charge in [0.25, 0.3) is 5.91 Å². The van der Waals surface area contributed by atoms with Crippen molar-refractivity contribution in [2.24, 2.45) is 5.90 Å². The van der Waals surface area contributed by atoms with Crippen molar-refractivity contribution in [2.75, 3.05) is 16.9 Å². The van der Waals surface area contributed by atoms with E-state index in [0.29, 0.717) is 24.4 Å². The number of hydrogen-bond acceptors (Lipinski definition) is 9. The van der Waals surface area contributed by atoms with Gasteiger partial charge >= 0.3 is 18.9 Å². The third kappa shape index (κ3) is 9.91. The first-order valence-electron chi connectivity index (χ1n) is 13.7. The smallest absolute Gasteiger partial charge is 0.548 e. The molecule has 4 rings (SSSR count). The van der Waals surface area contributed by atoms with Crippen molar-refractivity contribution >= 4 is 41.4 Å². The number of aryl methyl sites for hydroxylation is 1. The average Bonchev–Trinajstić information content (AvgIpc) is 3.02. The average molecular weight is 624 g/mol. The molecule has 0 aliphatic carbocycles. The zero-order valence-electron chi connectivity index (χ0n) is 25.0. The van der Waals surface area contributed by atoms with Crippen LogP contribution in [-0.4, -0.2) is 29.9 Å². The van der Waals surface area contributed by atoms with Gasteiger partial charge in [0.1, 0.15) is 0 Å². The van der Waals surface area contributed by atoms with Crippen LogP contribution in [0.1, 0.15) is 33.5 Å². The molecule has 0 aromatic heterocycles. The number of nitrogens with zero attached hydrogens (tertiary/aromatic N) is 1. The topological polar surface area (TPSA) is 117 Å². The molecule has 44 heavy (non-hydrogen) atoms. The van der Waals surface area contributed by atoms with Gasteiger partial charge in [0.15, 0.2) is 0 Å². The first kappa shape index (κ1) is 35.3. The summed E-state index contributed by atoms with van der Waals surface area (Å²) in [6.45, 7) is 3.20. The molecule has 0 fully saturated rings. The monoisotopic (exact) mass is 623 g/mol. The van der Waals surface area contributed by atoms with Crippen LogP contribution in [0.25, 0.3) is 11.1 Å². The van der Waals surface area contributed by atoms with Crippen molar-refractivity contribution in [1.29, 1.82) is 0 Å². The minimum absolute atomic E-state index is 0. The Hall–Kier alpha value is -3.20. The van der Waals surface area contributed by atoms with E-state index in [1.54, 1.807) is 6.07 Å². The summed E-state index contributed by atoms with van der Waals surface area (Å²) < 4.78 is 4.77. The summed E-state index contributed by atoms with van der Waals surface area (Å²) in [5, 5.41) is 14.4. The number of carboxylic acid groups (broad SMARTS) is 1. The molecular weight excluding hydrogens is 589 g/mol. The van der Waals surface area contributed by atoms with Crippen molar-refractivity contribution in [3.63, 3.8) is 0 Å². The zero-order chi connectivity index (χ0) is 30.6. The third-order valence-corrected chi connectivity index (χ3v) is 8.18. The SMILES string of the molecule is CSCC[C@H](NC(=O)c1ccc(CN(Cc2ccccc2)c2ccc(SOON)cc2)cc1-c1ccccc1C)C(=O)[O-].[Li+]. The Bertz CT molecular complexity index is 1510. The fourth-order valence-corrected chi connectivity index (χ4v) is 5.58. The van der Waals surface area contributed by atoms with E-state index in [1.165, 1.54) is 11.8 Å². The summed E-state index contributed by atoms with van der Waals surface area (Å²) in [6.07, 6.45) is 2.17. The summed E-state index contributed by atoms with van der Waals surface area (Å²) in [7, 11) is 0. The van der Waals surface area contributed by atoms with Gasteiger partial charge in [-0.25, -0.2) is 0 Å². The van der Waals surface area contributed by atoms with Gasteiger partial charge < -0.3 is 20.1 Å². The number of nitrogens with one attached hydrogen (secondary N) is 1. The van der Waals surface area contributed by atoms with E-state index in [2.05, 4.69) is 27.3 Å². The number of hydrogen-bond donors (Lipinski definition) is 2. The number of anilines is 1. The van der Waals surface area contributed by atoms with Crippen LogP contribution in [0.4, 0.5) is 5.69 Å². The number of carbonyl (C=O) groups is 2. The molecule has 0 spiro atoms. The molecule has 0 saturated carbocycles. The Morgan fingerprint density at radius 2 is 1.59 bits per heavy atom. The van der Waals surface area contributed by atoms with Crippen LogP contribution in [0, 0.1) is 6.92 Å². The normalized spacial score (nSPS) is 11.3. The molecule has 11 heteroatoms. The number of nitrogens with two attached hydrogens (primary N) is 1. The van der Waals surface area contributed by atoms with E-state index in [1.807, 2.05) is 92.0 Å². The van der Waals surface area contributed by atoms with Crippen molar-refractivity contribution < 1.29 is 42.9 Å². The number of carboxylic acids is 1. The Kier molecular flexibility index (Phi) is 14.4. The molecule has 0 aliphatic rings. The first-order chi connectivity index (χ1) is 20.9. The molecule has 0 saturated heterocycles. The Balaban J connectivity index is 0.00000529. The second-order valence-corrected chi connectivity index (χ2v) is 11.7. The van der Waals surface area contributed by atoms with Crippen LogP contribution < -0.4 is 40.1 Å². The third-order valence-electron chi connectivity index (χ3n) is 6.93. The zero-order valence-corrected chi connectivity index (χ0v) is 26.7. The molecule has 1 atom stereocenters. The number of rotatable bonds is 15. The summed E-state index contributed by atoms with van der Waals surface area (Å²) in [5.41, 5.74) is 6.18. The maximum Gasteiger partial charge on any atom is 1.00 e. The largest absolute Gasteiger partial charge is 1.00 e. The van der Waals surface area contributed by atoms with E-state index in [9.17, 15) is 14.7 Å². The minimum atomic E-state index is -1.29. The standard InChI is InChI=1S/C33H35N3O5S2.Li/c1-23-8-6-7-11-28(23)30-20-25(12-17-29(30)32(37)35-31(33(38)39)18-19-42-2)22-36(21-24-9-4-3-5-10-24)26-13-15-27(16-14-26)43-41-40-34;/h3-17,20,31H,18-19,21-22,34H2,1-2H3,(H,35,37)(H,38,39);/q;+1/p-1/t31-;/m0./s1. The van der Waals surface area contributed by atoms with Crippen molar-refractivity contribution in [3.8, 4) is 11.1 Å². The molecule has 4 aromatic rings. The number of aliphatic carboxylic acids is 1. The Morgan fingerprint density at radius 1 is 0.909 bits per heavy atom. The molecule has 224 valence electrons. The predicted octanol–water partition coefficient (Wildman–Crippen LogP) is 2.30. The van der Waals surface area contributed by atoms with Crippen LogP contribution in [0.5, 0.6) is 0 Å². The second kappa shape index (κ2) is 17.9. The first-order valence-corrected chi connectivity index (χ1v) is 15.8. The molecule has 0 aliphatic heterocycles. The van der Waals surface area contributed by atoms with Gasteiger partial charge in [0.05, 0.1) is 24.1 Å². The van der Waals surface area contributed by atoms with Gasteiger partial charge in [-0.1, -0.05) is 60.7 Å². The van der Waals surface area contributed by atoms with Gasteiger partial charge in [0, 0.05) is 29.2 Å². The van der Waals surface area contributed by atoms with Crippen LogP contribution >= 0.6 is 23.8 Å². The van der Waals surface area contributed by atoms with Crippen molar-refractivity contribution in [3.05, 3.63) is 119 Å². The van der Waals surface area contributed by atoms with Gasteiger partial charge in [-0.05, 0) is 89.6 Å². The number of carbonyl (C=O) groups excluding carboxylic acids is 2. The van der Waals surface area contributed by atoms with Gasteiger partial charge in [-0.2, -0.15) is 17.7 Å². The number of thioether (sulfide) groups is 1. The van der Waals surface area contributed by atoms with Crippen molar-refractivity contribution in [2.45, 2.75) is 37.4 Å². The van der Waals surface area contributed by atoms with E-state index in [-0.39, 0.29) is 25.3 Å². The molecule has 0 radical (unpaired) electrons. The molecule has 0 heterocycles. The summed E-state index contributed by atoms with van der Waals surface area (Å²) >= 11 is 2.54. The Morgan fingerprint density at radius 3 is 2.25 bits per heavy atom. The maximum atomic E-state index is 13.5. The second-order valence-electron chi connectivity index (χ2n) is 9.90. The summed E-state index contributed by atoms with van der Waals surface area (Å²) in [4.78, 5) is 32.5. The molecule has 0 bridgehead atoms. The van der Waals surface area contributed by atoms with E-state index in [4.69, 9.17) is 10.2 Å². The summed E-state index contributed by atoms with van der Waals surface area (Å²) in [6, 6.07) is 30.5. The fraction of sp³-hybridized carbons (Fsp3) is 0.212. The van der Waals surface area contributed by atoms with Crippen LogP contribution in [-0.2, 0) is 27.2 Å². The van der Waals surface area contributed by atoms with E-state index >= 15 is 0 Å². The van der Waals surface area contributed by atoms with E-state index in [0.717, 1.165) is 50.4 Å². The van der Waals surface area contributed by atoms with Gasteiger partial charge in [-0.3, -0.25) is 4.79 Å². The van der Waals surface area contributed by atoms with E-state index < -0.39 is 17.9 Å². The van der Waals surface area contributed by atoms with Gasteiger partial charge in [-0.15, -0.1) is 9.32 Å². The fourth-order valence-electron chi connectivity index (χ4n) is 4.74. The molecular formula is C33H34LiN3O5S2. The molecule has 0 unspecified atom stereocenters. The van der Waals surface area contributed by atoms with Crippen LogP contribution in [0.15, 0.2) is 102 Å². The quantitative estimate of drug-likeness (QED) is 0.0891. The number of benzene rings is 4. The summed E-state index contributed by atoms with van der Waals surface area (Å²) in [5.74, 6) is 3.82. The Labute approximate surface area is 279 Å². The molecule has 1 amide bonds. The minimum Gasteiger partial charge on any atom is -0.548 e. The predicted molar refractivity (Wildman–Crippen MR) is 171 cm³/mol.